The van der Waals surface area contributed by atoms with Gasteiger partial charge in [0.15, 0.2) is 0 Å². The third-order valence-corrected chi connectivity index (χ3v) is 5.70. The smallest absolute Gasteiger partial charge is 0.118 e. The predicted molar refractivity (Wildman–Crippen MR) is 85.7 cm³/mol. The standard InChI is InChI=1S/C18H28N2O2/c1-14-4-5-16(22-14)10-20-9-6-15-13-21-18(17(15)11-20)12-19-7-2-3-8-19/h4-5,15,17-18H,2-3,6-13H2,1H3/t15-,17-,18+/m0/s1. The fourth-order valence-electron chi connectivity index (χ4n) is 4.44. The van der Waals surface area contributed by atoms with Crippen LogP contribution < -0.4 is 0 Å². The minimum absolute atomic E-state index is 0.448. The number of aryl methyl sites for hydroxylation is 1. The molecule has 3 saturated heterocycles. The lowest BCUT2D eigenvalue weighted by molar-refractivity contribution is 0.0473. The van der Waals surface area contributed by atoms with E-state index in [9.17, 15) is 0 Å². The monoisotopic (exact) mass is 304 g/mol. The largest absolute Gasteiger partial charge is 0.465 e. The Kier molecular flexibility index (Phi) is 4.25. The van der Waals surface area contributed by atoms with E-state index in [2.05, 4.69) is 21.9 Å². The van der Waals surface area contributed by atoms with E-state index >= 15 is 0 Å². The van der Waals surface area contributed by atoms with Gasteiger partial charge in [-0.3, -0.25) is 4.90 Å². The molecule has 4 heterocycles. The van der Waals surface area contributed by atoms with Gasteiger partial charge in [0.1, 0.15) is 11.5 Å². The van der Waals surface area contributed by atoms with Crippen LogP contribution in [0.5, 0.6) is 0 Å². The second-order valence-electron chi connectivity index (χ2n) is 7.34. The zero-order valence-corrected chi connectivity index (χ0v) is 13.7. The van der Waals surface area contributed by atoms with Gasteiger partial charge in [-0.25, -0.2) is 0 Å². The fourth-order valence-corrected chi connectivity index (χ4v) is 4.44. The van der Waals surface area contributed by atoms with E-state index in [0.717, 1.165) is 37.1 Å². The van der Waals surface area contributed by atoms with Gasteiger partial charge in [0.2, 0.25) is 0 Å². The summed E-state index contributed by atoms with van der Waals surface area (Å²) >= 11 is 0. The van der Waals surface area contributed by atoms with Gasteiger partial charge in [0.25, 0.3) is 0 Å². The first kappa shape index (κ1) is 14.7. The molecule has 3 aliphatic rings. The number of fused-ring (bicyclic) bond motifs is 1. The quantitative estimate of drug-likeness (QED) is 0.855. The van der Waals surface area contributed by atoms with Gasteiger partial charge in [0.05, 0.1) is 19.3 Å². The zero-order chi connectivity index (χ0) is 14.9. The molecule has 122 valence electrons. The molecule has 0 aromatic carbocycles. The molecule has 3 fully saturated rings. The Morgan fingerprint density at radius 3 is 2.77 bits per heavy atom. The molecule has 0 unspecified atom stereocenters. The highest BCUT2D eigenvalue weighted by Gasteiger charge is 2.41. The van der Waals surface area contributed by atoms with E-state index in [1.165, 1.54) is 45.4 Å². The number of ether oxygens (including phenoxy) is 1. The first-order valence-electron chi connectivity index (χ1n) is 8.89. The summed E-state index contributed by atoms with van der Waals surface area (Å²) in [6, 6.07) is 4.19. The topological polar surface area (TPSA) is 28.9 Å². The SMILES string of the molecule is Cc1ccc(CN2CC[C@H]3CO[C@H](CN4CCCC4)[C@H]3C2)o1. The summed E-state index contributed by atoms with van der Waals surface area (Å²) in [7, 11) is 0. The van der Waals surface area contributed by atoms with E-state index in [4.69, 9.17) is 9.15 Å². The Morgan fingerprint density at radius 2 is 2.00 bits per heavy atom. The second-order valence-corrected chi connectivity index (χ2v) is 7.34. The summed E-state index contributed by atoms with van der Waals surface area (Å²) in [6.45, 7) is 9.99. The Balaban J connectivity index is 1.36. The molecule has 0 spiro atoms. The van der Waals surface area contributed by atoms with Crippen molar-refractivity contribution in [2.75, 3.05) is 39.3 Å². The zero-order valence-electron chi connectivity index (χ0n) is 13.7. The number of nitrogens with zero attached hydrogens (tertiary/aromatic N) is 2. The molecule has 4 nitrogen and oxygen atoms in total. The summed E-state index contributed by atoms with van der Waals surface area (Å²) in [5.74, 6) is 3.61. The molecule has 4 heteroatoms. The van der Waals surface area contributed by atoms with Crippen molar-refractivity contribution in [3.8, 4) is 0 Å². The van der Waals surface area contributed by atoms with Gasteiger partial charge in [0, 0.05) is 19.0 Å². The summed E-state index contributed by atoms with van der Waals surface area (Å²) in [4.78, 5) is 5.16. The molecule has 3 aliphatic heterocycles. The van der Waals surface area contributed by atoms with Gasteiger partial charge < -0.3 is 14.1 Å². The molecule has 22 heavy (non-hydrogen) atoms. The molecule has 0 N–H and O–H groups in total. The van der Waals surface area contributed by atoms with Crippen molar-refractivity contribution < 1.29 is 9.15 Å². The minimum Gasteiger partial charge on any atom is -0.465 e. The second kappa shape index (κ2) is 6.34. The molecule has 0 bridgehead atoms. The molecule has 3 atom stereocenters. The summed E-state index contributed by atoms with van der Waals surface area (Å²) < 4.78 is 11.9. The lowest BCUT2D eigenvalue weighted by Crippen LogP contribution is -2.44. The average molecular weight is 304 g/mol. The van der Waals surface area contributed by atoms with Crippen LogP contribution in [0.1, 0.15) is 30.8 Å². The van der Waals surface area contributed by atoms with Crippen molar-refractivity contribution in [3.63, 3.8) is 0 Å². The van der Waals surface area contributed by atoms with Crippen LogP contribution in [0.4, 0.5) is 0 Å². The van der Waals surface area contributed by atoms with Crippen LogP contribution in [0.25, 0.3) is 0 Å². The number of rotatable bonds is 4. The Labute approximate surface area is 133 Å². The van der Waals surface area contributed by atoms with Crippen molar-refractivity contribution in [3.05, 3.63) is 23.7 Å². The third kappa shape index (κ3) is 3.10. The van der Waals surface area contributed by atoms with Crippen molar-refractivity contribution in [1.29, 1.82) is 0 Å². The number of likely N-dealkylation sites (tertiary alicyclic amines) is 2. The summed E-state index contributed by atoms with van der Waals surface area (Å²) in [5, 5.41) is 0. The molecule has 0 aliphatic carbocycles. The summed E-state index contributed by atoms with van der Waals surface area (Å²) in [5.41, 5.74) is 0. The van der Waals surface area contributed by atoms with E-state index in [0.29, 0.717) is 12.0 Å². The first-order valence-corrected chi connectivity index (χ1v) is 8.89. The van der Waals surface area contributed by atoms with Crippen LogP contribution in [0, 0.1) is 18.8 Å². The minimum atomic E-state index is 0.448. The number of furan rings is 1. The van der Waals surface area contributed by atoms with Crippen LogP contribution in [-0.4, -0.2) is 55.2 Å². The maximum absolute atomic E-state index is 6.17. The van der Waals surface area contributed by atoms with Crippen molar-refractivity contribution in [2.24, 2.45) is 11.8 Å². The van der Waals surface area contributed by atoms with Gasteiger partial charge in [-0.15, -0.1) is 0 Å². The van der Waals surface area contributed by atoms with Gasteiger partial charge in [-0.2, -0.15) is 0 Å². The van der Waals surface area contributed by atoms with Crippen molar-refractivity contribution >= 4 is 0 Å². The van der Waals surface area contributed by atoms with E-state index in [-0.39, 0.29) is 0 Å². The van der Waals surface area contributed by atoms with Crippen LogP contribution in [0.15, 0.2) is 16.5 Å². The highest BCUT2D eigenvalue weighted by Crippen LogP contribution is 2.35. The molecular weight excluding hydrogens is 276 g/mol. The Bertz CT molecular complexity index is 495. The van der Waals surface area contributed by atoms with Gasteiger partial charge >= 0.3 is 0 Å². The molecule has 0 amide bonds. The lowest BCUT2D eigenvalue weighted by atomic mass is 9.84. The van der Waals surface area contributed by atoms with Crippen LogP contribution in [0.2, 0.25) is 0 Å². The third-order valence-electron chi connectivity index (χ3n) is 5.70. The maximum atomic E-state index is 6.17. The van der Waals surface area contributed by atoms with Crippen LogP contribution in [-0.2, 0) is 11.3 Å². The fraction of sp³-hybridized carbons (Fsp3) is 0.778. The predicted octanol–water partition coefficient (Wildman–Crippen LogP) is 2.52. The van der Waals surface area contributed by atoms with Crippen molar-refractivity contribution in [1.82, 2.24) is 9.80 Å². The van der Waals surface area contributed by atoms with Gasteiger partial charge in [-0.1, -0.05) is 0 Å². The first-order chi connectivity index (χ1) is 10.8. The molecule has 0 radical (unpaired) electrons. The highest BCUT2D eigenvalue weighted by molar-refractivity contribution is 5.06. The maximum Gasteiger partial charge on any atom is 0.118 e. The van der Waals surface area contributed by atoms with E-state index < -0.39 is 0 Å². The van der Waals surface area contributed by atoms with Gasteiger partial charge in [-0.05, 0) is 63.9 Å². The molecular formula is C18H28N2O2. The van der Waals surface area contributed by atoms with E-state index in [1.807, 2.05) is 6.92 Å². The Hall–Kier alpha value is -0.840. The van der Waals surface area contributed by atoms with Crippen LogP contribution in [0.3, 0.4) is 0 Å². The average Bonchev–Trinajstić information content (AvgIpc) is 3.23. The number of hydrogen-bond donors (Lipinski definition) is 0. The highest BCUT2D eigenvalue weighted by atomic mass is 16.5. The van der Waals surface area contributed by atoms with E-state index in [1.54, 1.807) is 0 Å². The lowest BCUT2D eigenvalue weighted by Gasteiger charge is -2.36. The number of piperidine rings is 1. The molecule has 1 aromatic rings. The normalized spacial score (nSPS) is 33.4. The van der Waals surface area contributed by atoms with Crippen molar-refractivity contribution in [2.45, 2.75) is 38.8 Å². The number of hydrogen-bond acceptors (Lipinski definition) is 4. The Morgan fingerprint density at radius 1 is 1.14 bits per heavy atom. The molecule has 1 aromatic heterocycles. The summed E-state index contributed by atoms with van der Waals surface area (Å²) in [6.07, 6.45) is 4.46. The molecule has 0 saturated carbocycles. The van der Waals surface area contributed by atoms with Crippen LogP contribution >= 0.6 is 0 Å². The molecule has 4 rings (SSSR count).